The summed E-state index contributed by atoms with van der Waals surface area (Å²) in [4.78, 5) is 9.56. The van der Waals surface area contributed by atoms with Crippen LogP contribution in [0.25, 0.3) is 0 Å². The molecule has 0 spiro atoms. The highest BCUT2D eigenvalue weighted by molar-refractivity contribution is 7.10. The van der Waals surface area contributed by atoms with Crippen LogP contribution < -0.4 is 21.3 Å². The first kappa shape index (κ1) is 14.5. The van der Waals surface area contributed by atoms with E-state index in [0.29, 0.717) is 17.4 Å². The molecule has 0 radical (unpaired) electrons. The Morgan fingerprint density at radius 2 is 2.20 bits per heavy atom. The van der Waals surface area contributed by atoms with Gasteiger partial charge < -0.3 is 15.5 Å². The van der Waals surface area contributed by atoms with E-state index in [1.165, 1.54) is 11.2 Å². The van der Waals surface area contributed by atoms with E-state index in [9.17, 15) is 0 Å². The Hall–Kier alpha value is -1.86. The van der Waals surface area contributed by atoms with Gasteiger partial charge in [-0.2, -0.15) is 0 Å². The molecule has 0 aliphatic carbocycles. The van der Waals surface area contributed by atoms with E-state index in [1.54, 1.807) is 18.4 Å². The highest BCUT2D eigenvalue weighted by Gasteiger charge is 2.17. The van der Waals surface area contributed by atoms with Gasteiger partial charge in [-0.15, -0.1) is 11.3 Å². The predicted molar refractivity (Wildman–Crippen MR) is 82.0 cm³/mol. The fraction of sp³-hybridized carbons (Fsp3) is 0.385. The number of methoxy groups -OCH3 is 1. The fourth-order valence-electron chi connectivity index (χ4n) is 2.00. The van der Waals surface area contributed by atoms with Crippen LogP contribution in [0, 0.1) is 0 Å². The van der Waals surface area contributed by atoms with Crippen molar-refractivity contribution in [2.24, 2.45) is 5.84 Å². The molecule has 1 unspecified atom stereocenters. The van der Waals surface area contributed by atoms with Gasteiger partial charge in [-0.1, -0.05) is 19.4 Å². The number of nitrogens with one attached hydrogen (secondary N) is 2. The van der Waals surface area contributed by atoms with Crippen molar-refractivity contribution < 1.29 is 4.74 Å². The van der Waals surface area contributed by atoms with Gasteiger partial charge in [0.1, 0.15) is 6.33 Å². The smallest absolute Gasteiger partial charge is 0.205 e. The van der Waals surface area contributed by atoms with Gasteiger partial charge in [0.25, 0.3) is 0 Å². The Morgan fingerprint density at radius 3 is 2.80 bits per heavy atom. The van der Waals surface area contributed by atoms with E-state index in [1.807, 2.05) is 0 Å². The van der Waals surface area contributed by atoms with Gasteiger partial charge in [0, 0.05) is 4.88 Å². The molecular formula is C13H19N5OS. The van der Waals surface area contributed by atoms with E-state index in [4.69, 9.17) is 10.6 Å². The molecule has 0 aliphatic heterocycles. The van der Waals surface area contributed by atoms with E-state index in [0.717, 1.165) is 12.8 Å². The van der Waals surface area contributed by atoms with Crippen molar-refractivity contribution in [3.63, 3.8) is 0 Å². The lowest BCUT2D eigenvalue weighted by Crippen LogP contribution is -2.15. The van der Waals surface area contributed by atoms with Gasteiger partial charge >= 0.3 is 0 Å². The zero-order chi connectivity index (χ0) is 14.4. The highest BCUT2D eigenvalue weighted by Crippen LogP contribution is 2.33. The maximum Gasteiger partial charge on any atom is 0.205 e. The van der Waals surface area contributed by atoms with Crippen molar-refractivity contribution in [1.82, 2.24) is 9.97 Å². The van der Waals surface area contributed by atoms with Gasteiger partial charge in [-0.3, -0.25) is 0 Å². The Kier molecular flexibility index (Phi) is 5.14. The molecule has 20 heavy (non-hydrogen) atoms. The third-order valence-electron chi connectivity index (χ3n) is 2.92. The maximum absolute atomic E-state index is 5.43. The zero-order valence-electron chi connectivity index (χ0n) is 11.6. The average Bonchev–Trinajstić information content (AvgIpc) is 3.00. The van der Waals surface area contributed by atoms with Crippen molar-refractivity contribution in [3.05, 3.63) is 28.7 Å². The molecule has 0 aliphatic rings. The normalized spacial score (nSPS) is 11.9. The summed E-state index contributed by atoms with van der Waals surface area (Å²) in [7, 11) is 1.57. The molecule has 4 N–H and O–H groups in total. The number of anilines is 2. The Labute approximate surface area is 122 Å². The number of hydrogen-bond acceptors (Lipinski definition) is 7. The minimum Gasteiger partial charge on any atom is -0.490 e. The fourth-order valence-corrected chi connectivity index (χ4v) is 2.81. The third-order valence-corrected chi connectivity index (χ3v) is 3.91. The second-order valence-corrected chi connectivity index (χ2v) is 5.23. The molecule has 0 fully saturated rings. The third kappa shape index (κ3) is 3.17. The number of rotatable bonds is 7. The van der Waals surface area contributed by atoms with E-state index in [-0.39, 0.29) is 6.04 Å². The summed E-state index contributed by atoms with van der Waals surface area (Å²) in [6.45, 7) is 2.16. The number of aromatic nitrogens is 2. The van der Waals surface area contributed by atoms with Crippen LogP contribution in [0.3, 0.4) is 0 Å². The molecule has 0 aromatic carbocycles. The summed E-state index contributed by atoms with van der Waals surface area (Å²) >= 11 is 1.73. The number of nitrogen functional groups attached to an aromatic ring is 1. The molecule has 0 saturated heterocycles. The Morgan fingerprint density at radius 1 is 1.40 bits per heavy atom. The van der Waals surface area contributed by atoms with Gasteiger partial charge in [-0.25, -0.2) is 15.8 Å². The van der Waals surface area contributed by atoms with Crippen LogP contribution in [0.2, 0.25) is 0 Å². The Bertz CT molecular complexity index is 532. The number of nitrogens with two attached hydrogens (primary N) is 1. The lowest BCUT2D eigenvalue weighted by atomic mass is 10.1. The second-order valence-electron chi connectivity index (χ2n) is 4.25. The molecule has 7 heteroatoms. The number of nitrogens with zero attached hydrogens (tertiary/aromatic N) is 2. The van der Waals surface area contributed by atoms with Crippen LogP contribution >= 0.6 is 11.3 Å². The molecule has 1 atom stereocenters. The monoisotopic (exact) mass is 293 g/mol. The standard InChI is InChI=1S/C13H19N5OS/c1-3-5-9(10-6-4-7-20-10)17-12-11(19-2)13(18-14)16-8-15-12/h4,6-9H,3,5,14H2,1-2H3,(H2,15,16,17,18). The summed E-state index contributed by atoms with van der Waals surface area (Å²) in [6.07, 6.45) is 3.54. The number of ether oxygens (including phenoxy) is 1. The molecule has 2 aromatic heterocycles. The van der Waals surface area contributed by atoms with Crippen LogP contribution in [0.1, 0.15) is 30.7 Å². The highest BCUT2D eigenvalue weighted by atomic mass is 32.1. The van der Waals surface area contributed by atoms with Gasteiger partial charge in [0.05, 0.1) is 13.2 Å². The summed E-state index contributed by atoms with van der Waals surface area (Å²) in [6, 6.07) is 4.37. The number of thiophene rings is 1. The maximum atomic E-state index is 5.43. The van der Waals surface area contributed by atoms with Gasteiger partial charge in [0.15, 0.2) is 11.6 Å². The second kappa shape index (κ2) is 7.06. The molecule has 0 amide bonds. The number of hydrogen-bond donors (Lipinski definition) is 3. The molecule has 108 valence electrons. The largest absolute Gasteiger partial charge is 0.490 e. The lowest BCUT2D eigenvalue weighted by molar-refractivity contribution is 0.414. The molecule has 2 aromatic rings. The first-order valence-corrected chi connectivity index (χ1v) is 7.33. The summed E-state index contributed by atoms with van der Waals surface area (Å²) in [5.41, 5.74) is 2.51. The van der Waals surface area contributed by atoms with Gasteiger partial charge in [-0.05, 0) is 17.9 Å². The first-order chi connectivity index (χ1) is 9.80. The van der Waals surface area contributed by atoms with E-state index in [2.05, 4.69) is 45.1 Å². The van der Waals surface area contributed by atoms with E-state index >= 15 is 0 Å². The number of hydrazine groups is 1. The van der Waals surface area contributed by atoms with Crippen molar-refractivity contribution in [3.8, 4) is 5.75 Å². The Balaban J connectivity index is 2.27. The van der Waals surface area contributed by atoms with Crippen LogP contribution in [0.15, 0.2) is 23.8 Å². The molecule has 0 bridgehead atoms. The van der Waals surface area contributed by atoms with Crippen LogP contribution in [0.5, 0.6) is 5.75 Å². The van der Waals surface area contributed by atoms with Crippen molar-refractivity contribution in [2.45, 2.75) is 25.8 Å². The molecule has 2 heterocycles. The first-order valence-electron chi connectivity index (χ1n) is 6.45. The molecule has 6 nitrogen and oxygen atoms in total. The average molecular weight is 293 g/mol. The molecule has 2 rings (SSSR count). The minimum absolute atomic E-state index is 0.203. The zero-order valence-corrected chi connectivity index (χ0v) is 12.4. The van der Waals surface area contributed by atoms with Crippen molar-refractivity contribution >= 4 is 23.0 Å². The summed E-state index contributed by atoms with van der Waals surface area (Å²) in [5, 5.41) is 5.49. The van der Waals surface area contributed by atoms with E-state index < -0.39 is 0 Å². The molecule has 0 saturated carbocycles. The van der Waals surface area contributed by atoms with Crippen LogP contribution in [-0.4, -0.2) is 17.1 Å². The van der Waals surface area contributed by atoms with Crippen LogP contribution in [-0.2, 0) is 0 Å². The SMILES string of the molecule is CCCC(Nc1ncnc(NN)c1OC)c1cccs1. The van der Waals surface area contributed by atoms with Crippen LogP contribution in [0.4, 0.5) is 11.6 Å². The topological polar surface area (TPSA) is 85.1 Å². The van der Waals surface area contributed by atoms with Gasteiger partial charge in [0.2, 0.25) is 5.75 Å². The quantitative estimate of drug-likeness (QED) is 0.537. The molecular weight excluding hydrogens is 274 g/mol. The van der Waals surface area contributed by atoms with Crippen molar-refractivity contribution in [2.75, 3.05) is 17.9 Å². The summed E-state index contributed by atoms with van der Waals surface area (Å²) in [5.74, 6) is 7.06. The minimum atomic E-state index is 0.203. The van der Waals surface area contributed by atoms with Crippen molar-refractivity contribution in [1.29, 1.82) is 0 Å². The predicted octanol–water partition coefficient (Wildman–Crippen LogP) is 2.79. The lowest BCUT2D eigenvalue weighted by Gasteiger charge is -2.19. The summed E-state index contributed by atoms with van der Waals surface area (Å²) < 4.78 is 5.34.